The minimum atomic E-state index is -0.586. The molecule has 0 bridgehead atoms. The van der Waals surface area contributed by atoms with Crippen molar-refractivity contribution < 1.29 is 14.1 Å². The molecule has 0 atom stereocenters. The Labute approximate surface area is 143 Å². The van der Waals surface area contributed by atoms with Crippen LogP contribution in [0, 0.1) is 15.9 Å². The van der Waals surface area contributed by atoms with E-state index in [-0.39, 0.29) is 29.7 Å². The first-order valence-electron chi connectivity index (χ1n) is 7.47. The number of anilines is 2. The zero-order valence-electron chi connectivity index (χ0n) is 13.1. The van der Waals surface area contributed by atoms with Crippen molar-refractivity contribution in [1.82, 2.24) is 4.98 Å². The fourth-order valence-electron chi connectivity index (χ4n) is 2.18. The highest BCUT2D eigenvalue weighted by Gasteiger charge is 2.18. The molecular formula is C18H14FN3O3. The van der Waals surface area contributed by atoms with Gasteiger partial charge in [-0.2, -0.15) is 4.98 Å². The summed E-state index contributed by atoms with van der Waals surface area (Å²) in [6, 6.07) is 18.0. The zero-order valence-corrected chi connectivity index (χ0v) is 13.1. The van der Waals surface area contributed by atoms with Gasteiger partial charge in [-0.1, -0.05) is 42.5 Å². The van der Waals surface area contributed by atoms with Gasteiger partial charge in [-0.3, -0.25) is 10.1 Å². The first kappa shape index (κ1) is 16.4. The van der Waals surface area contributed by atoms with Crippen molar-refractivity contribution in [2.75, 3.05) is 5.32 Å². The van der Waals surface area contributed by atoms with Gasteiger partial charge in [0.25, 0.3) is 0 Å². The molecule has 1 heterocycles. The van der Waals surface area contributed by atoms with Crippen LogP contribution in [-0.2, 0) is 6.61 Å². The Hall–Kier alpha value is -3.48. The number of ether oxygens (including phenoxy) is 1. The summed E-state index contributed by atoms with van der Waals surface area (Å²) < 4.78 is 19.4. The number of nitro groups is 1. The number of rotatable bonds is 6. The molecule has 0 amide bonds. The summed E-state index contributed by atoms with van der Waals surface area (Å²) in [5, 5.41) is 13.8. The fourth-order valence-corrected chi connectivity index (χ4v) is 2.18. The minimum Gasteiger partial charge on any atom is -0.473 e. The number of halogens is 1. The Morgan fingerprint density at radius 1 is 1.04 bits per heavy atom. The van der Waals surface area contributed by atoms with Crippen molar-refractivity contribution in [1.29, 1.82) is 0 Å². The molecule has 0 fully saturated rings. The molecule has 1 N–H and O–H groups in total. The Balaban J connectivity index is 1.84. The van der Waals surface area contributed by atoms with Gasteiger partial charge in [0.05, 0.1) is 10.6 Å². The maximum Gasteiger partial charge on any atom is 0.311 e. The third kappa shape index (κ3) is 4.08. The van der Waals surface area contributed by atoms with Gasteiger partial charge in [-0.05, 0) is 17.7 Å². The van der Waals surface area contributed by atoms with E-state index in [4.69, 9.17) is 4.74 Å². The molecule has 0 aliphatic rings. The van der Waals surface area contributed by atoms with Crippen molar-refractivity contribution >= 4 is 17.2 Å². The maximum atomic E-state index is 13.8. The van der Waals surface area contributed by atoms with Gasteiger partial charge in [0.2, 0.25) is 11.7 Å². The number of pyridine rings is 1. The topological polar surface area (TPSA) is 77.3 Å². The van der Waals surface area contributed by atoms with E-state index in [9.17, 15) is 14.5 Å². The molecule has 126 valence electrons. The lowest BCUT2D eigenvalue weighted by atomic mass is 10.2. The molecule has 0 radical (unpaired) electrons. The van der Waals surface area contributed by atoms with Crippen LogP contribution in [0.5, 0.6) is 5.88 Å². The predicted octanol–water partition coefficient (Wildman–Crippen LogP) is 4.45. The van der Waals surface area contributed by atoms with Gasteiger partial charge in [-0.15, -0.1) is 0 Å². The number of nitrogens with one attached hydrogen (secondary N) is 1. The average Bonchev–Trinajstić information content (AvgIpc) is 2.63. The predicted molar refractivity (Wildman–Crippen MR) is 91.3 cm³/mol. The molecule has 0 spiro atoms. The summed E-state index contributed by atoms with van der Waals surface area (Å²) in [6.45, 7) is 0.269. The Kier molecular flexibility index (Phi) is 4.84. The number of hydrogen-bond donors (Lipinski definition) is 1. The van der Waals surface area contributed by atoms with Crippen molar-refractivity contribution in [3.05, 3.63) is 88.2 Å². The Morgan fingerprint density at radius 3 is 2.48 bits per heavy atom. The SMILES string of the molecule is O=[N+]([O-])c1ccc(OCc2ccccc2)nc1Nc1ccccc1F. The van der Waals surface area contributed by atoms with Crippen LogP contribution in [0.15, 0.2) is 66.7 Å². The molecule has 3 aromatic rings. The van der Waals surface area contributed by atoms with Crippen LogP contribution in [0.4, 0.5) is 21.6 Å². The largest absolute Gasteiger partial charge is 0.473 e. The van der Waals surface area contributed by atoms with Crippen molar-refractivity contribution in [2.45, 2.75) is 6.61 Å². The van der Waals surface area contributed by atoms with E-state index in [2.05, 4.69) is 10.3 Å². The van der Waals surface area contributed by atoms with E-state index in [0.29, 0.717) is 0 Å². The monoisotopic (exact) mass is 339 g/mol. The molecule has 7 heteroatoms. The van der Waals surface area contributed by atoms with Gasteiger partial charge in [-0.25, -0.2) is 4.39 Å². The van der Waals surface area contributed by atoms with Gasteiger partial charge >= 0.3 is 5.69 Å². The maximum absolute atomic E-state index is 13.8. The highest BCUT2D eigenvalue weighted by Crippen LogP contribution is 2.29. The molecule has 0 saturated carbocycles. The first-order chi connectivity index (χ1) is 12.1. The van der Waals surface area contributed by atoms with Crippen LogP contribution in [0.1, 0.15) is 5.56 Å². The molecule has 1 aromatic heterocycles. The summed E-state index contributed by atoms with van der Waals surface area (Å²) in [6.07, 6.45) is 0. The van der Waals surface area contributed by atoms with Gasteiger partial charge in [0.1, 0.15) is 12.4 Å². The molecule has 2 aromatic carbocycles. The standard InChI is InChI=1S/C18H14FN3O3/c19-14-8-4-5-9-15(14)20-18-16(22(23)24)10-11-17(21-18)25-12-13-6-2-1-3-7-13/h1-11H,12H2,(H,20,21). The summed E-state index contributed by atoms with van der Waals surface area (Å²) >= 11 is 0. The lowest BCUT2D eigenvalue weighted by molar-refractivity contribution is -0.384. The Bertz CT molecular complexity index is 888. The van der Waals surface area contributed by atoms with Crippen LogP contribution >= 0.6 is 0 Å². The van der Waals surface area contributed by atoms with E-state index in [1.165, 1.54) is 30.3 Å². The number of aromatic nitrogens is 1. The van der Waals surface area contributed by atoms with Crippen molar-refractivity contribution in [3.63, 3.8) is 0 Å². The molecule has 0 saturated heterocycles. The smallest absolute Gasteiger partial charge is 0.311 e. The number of benzene rings is 2. The van der Waals surface area contributed by atoms with Gasteiger partial charge < -0.3 is 10.1 Å². The lowest BCUT2D eigenvalue weighted by Gasteiger charge is -2.10. The second-order valence-corrected chi connectivity index (χ2v) is 5.15. The second-order valence-electron chi connectivity index (χ2n) is 5.15. The van der Waals surface area contributed by atoms with Crippen LogP contribution in [-0.4, -0.2) is 9.91 Å². The van der Waals surface area contributed by atoms with Gasteiger partial charge in [0.15, 0.2) is 0 Å². The summed E-state index contributed by atoms with van der Waals surface area (Å²) in [5.74, 6) is -0.414. The molecule has 3 rings (SSSR count). The van der Waals surface area contributed by atoms with Crippen LogP contribution < -0.4 is 10.1 Å². The molecule has 0 aliphatic heterocycles. The van der Waals surface area contributed by atoms with Crippen molar-refractivity contribution in [2.24, 2.45) is 0 Å². The first-order valence-corrected chi connectivity index (χ1v) is 7.47. The number of para-hydroxylation sites is 1. The van der Waals surface area contributed by atoms with Crippen LogP contribution in [0.2, 0.25) is 0 Å². The van der Waals surface area contributed by atoms with Gasteiger partial charge in [0, 0.05) is 12.1 Å². The summed E-state index contributed by atoms with van der Waals surface area (Å²) in [7, 11) is 0. The summed E-state index contributed by atoms with van der Waals surface area (Å²) in [4.78, 5) is 14.7. The van der Waals surface area contributed by atoms with Crippen LogP contribution in [0.3, 0.4) is 0 Å². The van der Waals surface area contributed by atoms with Crippen molar-refractivity contribution in [3.8, 4) is 5.88 Å². The summed E-state index contributed by atoms with van der Waals surface area (Å²) in [5.41, 5.74) is 0.764. The molecule has 6 nitrogen and oxygen atoms in total. The minimum absolute atomic E-state index is 0.0827. The average molecular weight is 339 g/mol. The molecule has 25 heavy (non-hydrogen) atoms. The highest BCUT2D eigenvalue weighted by atomic mass is 19.1. The Morgan fingerprint density at radius 2 is 1.76 bits per heavy atom. The number of hydrogen-bond acceptors (Lipinski definition) is 5. The second kappa shape index (κ2) is 7.39. The normalized spacial score (nSPS) is 10.3. The van der Waals surface area contributed by atoms with E-state index in [0.717, 1.165) is 5.56 Å². The fraction of sp³-hybridized carbons (Fsp3) is 0.0556. The van der Waals surface area contributed by atoms with E-state index in [1.807, 2.05) is 30.3 Å². The van der Waals surface area contributed by atoms with E-state index < -0.39 is 10.7 Å². The number of nitrogens with zero attached hydrogens (tertiary/aromatic N) is 2. The molecule has 0 aliphatic carbocycles. The zero-order chi connectivity index (χ0) is 17.6. The third-order valence-electron chi connectivity index (χ3n) is 3.40. The molecular weight excluding hydrogens is 325 g/mol. The third-order valence-corrected chi connectivity index (χ3v) is 3.40. The van der Waals surface area contributed by atoms with E-state index in [1.54, 1.807) is 6.07 Å². The van der Waals surface area contributed by atoms with Crippen LogP contribution in [0.25, 0.3) is 0 Å². The molecule has 0 unspecified atom stereocenters. The highest BCUT2D eigenvalue weighted by molar-refractivity contribution is 5.66. The lowest BCUT2D eigenvalue weighted by Crippen LogP contribution is -2.03. The van der Waals surface area contributed by atoms with E-state index >= 15 is 0 Å². The quantitative estimate of drug-likeness (QED) is 0.530.